The fourth-order valence-electron chi connectivity index (χ4n) is 5.57. The molecule has 34 heavy (non-hydrogen) atoms. The first kappa shape index (κ1) is 24.2. The zero-order chi connectivity index (χ0) is 24.1. The zero-order valence-corrected chi connectivity index (χ0v) is 20.1. The van der Waals surface area contributed by atoms with Crippen molar-refractivity contribution in [3.63, 3.8) is 0 Å². The van der Waals surface area contributed by atoms with Crippen molar-refractivity contribution in [1.29, 1.82) is 0 Å². The van der Waals surface area contributed by atoms with Crippen LogP contribution in [0.4, 0.5) is 0 Å². The second-order valence-electron chi connectivity index (χ2n) is 9.95. The van der Waals surface area contributed by atoms with Crippen LogP contribution >= 0.6 is 0 Å². The van der Waals surface area contributed by atoms with E-state index in [1.165, 1.54) is 54.9 Å². The van der Waals surface area contributed by atoms with Gasteiger partial charge in [-0.05, 0) is 44.1 Å². The molecule has 7 heteroatoms. The van der Waals surface area contributed by atoms with Crippen molar-refractivity contribution < 1.29 is 9.59 Å². The summed E-state index contributed by atoms with van der Waals surface area (Å²) in [6.07, 6.45) is 12.7. The lowest BCUT2D eigenvalue weighted by Gasteiger charge is -2.26. The van der Waals surface area contributed by atoms with Crippen molar-refractivity contribution in [3.8, 4) is 11.3 Å². The minimum atomic E-state index is -0.555. The SMILES string of the molecule is CC(CC(N)=O)n1c(C(=O)NC2CCCCC2)c(-c2ccc(C3CCCCC3)cc2)ncc1=O. The molecule has 2 aliphatic rings. The Balaban J connectivity index is 1.72. The predicted octanol–water partition coefficient (Wildman–Crippen LogP) is 4.46. The number of carbonyl (C=O) groups excluding carboxylic acids is 2. The van der Waals surface area contributed by atoms with E-state index in [1.54, 1.807) is 6.92 Å². The fraction of sp³-hybridized carbons (Fsp3) is 0.556. The molecule has 1 heterocycles. The minimum absolute atomic E-state index is 0.0340. The molecular weight excluding hydrogens is 428 g/mol. The maximum absolute atomic E-state index is 13.6. The number of primary amides is 1. The van der Waals surface area contributed by atoms with Gasteiger partial charge in [-0.3, -0.25) is 19.0 Å². The van der Waals surface area contributed by atoms with E-state index in [0.29, 0.717) is 11.6 Å². The van der Waals surface area contributed by atoms with Gasteiger partial charge >= 0.3 is 0 Å². The summed E-state index contributed by atoms with van der Waals surface area (Å²) in [6.45, 7) is 1.74. The van der Waals surface area contributed by atoms with Crippen molar-refractivity contribution >= 4 is 11.8 Å². The zero-order valence-electron chi connectivity index (χ0n) is 20.1. The quantitative estimate of drug-likeness (QED) is 0.631. The normalized spacial score (nSPS) is 18.4. The Morgan fingerprint density at radius 2 is 1.65 bits per heavy atom. The molecule has 1 aromatic heterocycles. The lowest BCUT2D eigenvalue weighted by atomic mass is 9.84. The van der Waals surface area contributed by atoms with Crippen molar-refractivity contribution in [3.05, 3.63) is 52.1 Å². The molecule has 2 aliphatic carbocycles. The summed E-state index contributed by atoms with van der Waals surface area (Å²) in [7, 11) is 0. The maximum Gasteiger partial charge on any atom is 0.270 e. The van der Waals surface area contributed by atoms with Crippen LogP contribution in [0.2, 0.25) is 0 Å². The Morgan fingerprint density at radius 1 is 1.03 bits per heavy atom. The molecule has 2 saturated carbocycles. The van der Waals surface area contributed by atoms with Gasteiger partial charge in [0.15, 0.2) is 0 Å². The summed E-state index contributed by atoms with van der Waals surface area (Å²) in [5.41, 5.74) is 7.77. The molecular formula is C27H36N4O3. The number of amides is 2. The van der Waals surface area contributed by atoms with Crippen molar-refractivity contribution in [2.24, 2.45) is 5.73 Å². The van der Waals surface area contributed by atoms with Crippen LogP contribution in [-0.4, -0.2) is 27.4 Å². The first-order chi connectivity index (χ1) is 16.4. The number of carbonyl (C=O) groups is 2. The highest BCUT2D eigenvalue weighted by atomic mass is 16.2. The third-order valence-electron chi connectivity index (χ3n) is 7.36. The van der Waals surface area contributed by atoms with Gasteiger partial charge in [0.05, 0.1) is 11.9 Å². The van der Waals surface area contributed by atoms with E-state index in [-0.39, 0.29) is 24.1 Å². The third-order valence-corrected chi connectivity index (χ3v) is 7.36. The third kappa shape index (κ3) is 5.57. The Bertz CT molecular complexity index is 1060. The molecule has 2 fully saturated rings. The van der Waals surface area contributed by atoms with Gasteiger partial charge in [-0.15, -0.1) is 0 Å². The van der Waals surface area contributed by atoms with Crippen LogP contribution in [0.1, 0.15) is 106 Å². The van der Waals surface area contributed by atoms with Crippen LogP contribution in [-0.2, 0) is 4.79 Å². The summed E-state index contributed by atoms with van der Waals surface area (Å²) in [6, 6.07) is 7.77. The number of nitrogens with two attached hydrogens (primary N) is 1. The monoisotopic (exact) mass is 464 g/mol. The van der Waals surface area contributed by atoms with Crippen molar-refractivity contribution in [2.75, 3.05) is 0 Å². The number of nitrogens with one attached hydrogen (secondary N) is 1. The number of nitrogens with zero attached hydrogens (tertiary/aromatic N) is 2. The second-order valence-corrected chi connectivity index (χ2v) is 9.95. The van der Waals surface area contributed by atoms with Crippen molar-refractivity contribution in [1.82, 2.24) is 14.9 Å². The summed E-state index contributed by atoms with van der Waals surface area (Å²) < 4.78 is 1.39. The smallest absolute Gasteiger partial charge is 0.270 e. The summed E-state index contributed by atoms with van der Waals surface area (Å²) in [5.74, 6) is -0.262. The Labute approximate surface area is 201 Å². The first-order valence-corrected chi connectivity index (χ1v) is 12.7. The van der Waals surface area contributed by atoms with Crippen LogP contribution in [0, 0.1) is 0 Å². The molecule has 3 N–H and O–H groups in total. The molecule has 1 aromatic carbocycles. The van der Waals surface area contributed by atoms with E-state index in [1.807, 2.05) is 12.1 Å². The highest BCUT2D eigenvalue weighted by Gasteiger charge is 2.26. The average molecular weight is 465 g/mol. The lowest BCUT2D eigenvalue weighted by Crippen LogP contribution is -2.41. The second kappa shape index (κ2) is 11.0. The van der Waals surface area contributed by atoms with E-state index in [9.17, 15) is 14.4 Å². The number of hydrogen-bond acceptors (Lipinski definition) is 4. The standard InChI is InChI=1S/C27H36N4O3/c1-18(16-23(28)32)31-24(33)17-29-25(26(31)27(34)30-22-10-6-3-7-11-22)21-14-12-20(13-15-21)19-8-4-2-5-9-19/h12-15,17-19,22H,2-11,16H2,1H3,(H2,28,32)(H,30,34). The average Bonchev–Trinajstić information content (AvgIpc) is 2.84. The Morgan fingerprint density at radius 3 is 2.26 bits per heavy atom. The molecule has 2 aromatic rings. The molecule has 2 amide bonds. The van der Waals surface area contributed by atoms with E-state index in [0.717, 1.165) is 31.2 Å². The van der Waals surface area contributed by atoms with Crippen LogP contribution in [0.5, 0.6) is 0 Å². The molecule has 0 saturated heterocycles. The van der Waals surface area contributed by atoms with Gasteiger partial charge in [-0.25, -0.2) is 4.98 Å². The van der Waals surface area contributed by atoms with Crippen LogP contribution in [0.3, 0.4) is 0 Å². The molecule has 0 bridgehead atoms. The lowest BCUT2D eigenvalue weighted by molar-refractivity contribution is -0.118. The molecule has 7 nitrogen and oxygen atoms in total. The number of hydrogen-bond donors (Lipinski definition) is 2. The Hall–Kier alpha value is -2.96. The summed E-state index contributed by atoms with van der Waals surface area (Å²) in [5, 5.41) is 3.13. The number of rotatable bonds is 7. The molecule has 4 rings (SSSR count). The Kier molecular flexibility index (Phi) is 7.80. The van der Waals surface area contributed by atoms with E-state index >= 15 is 0 Å². The summed E-state index contributed by atoms with van der Waals surface area (Å²) >= 11 is 0. The van der Waals surface area contributed by atoms with Crippen LogP contribution in [0.15, 0.2) is 35.3 Å². The molecule has 1 unspecified atom stereocenters. The van der Waals surface area contributed by atoms with Crippen molar-refractivity contribution in [2.45, 2.75) is 95.6 Å². The van der Waals surface area contributed by atoms with Gasteiger partial charge in [0.25, 0.3) is 11.5 Å². The van der Waals surface area contributed by atoms with Gasteiger partial charge < -0.3 is 11.1 Å². The van der Waals surface area contributed by atoms with E-state index in [2.05, 4.69) is 22.4 Å². The molecule has 0 radical (unpaired) electrons. The van der Waals surface area contributed by atoms with Gasteiger partial charge in [0.2, 0.25) is 5.91 Å². The van der Waals surface area contributed by atoms with E-state index in [4.69, 9.17) is 5.73 Å². The topological polar surface area (TPSA) is 107 Å². The van der Waals surface area contributed by atoms with Gasteiger partial charge in [-0.1, -0.05) is 62.8 Å². The highest BCUT2D eigenvalue weighted by Crippen LogP contribution is 2.34. The summed E-state index contributed by atoms with van der Waals surface area (Å²) in [4.78, 5) is 42.5. The van der Waals surface area contributed by atoms with Crippen LogP contribution in [0.25, 0.3) is 11.3 Å². The first-order valence-electron chi connectivity index (χ1n) is 12.7. The highest BCUT2D eigenvalue weighted by molar-refractivity contribution is 5.98. The molecule has 1 atom stereocenters. The molecule has 0 aliphatic heterocycles. The maximum atomic E-state index is 13.6. The largest absolute Gasteiger partial charge is 0.370 e. The van der Waals surface area contributed by atoms with Gasteiger partial charge in [-0.2, -0.15) is 0 Å². The number of aromatic nitrogens is 2. The van der Waals surface area contributed by atoms with Crippen LogP contribution < -0.4 is 16.6 Å². The molecule has 0 spiro atoms. The van der Waals surface area contributed by atoms with Gasteiger partial charge in [0, 0.05) is 24.1 Å². The molecule has 182 valence electrons. The minimum Gasteiger partial charge on any atom is -0.370 e. The number of benzene rings is 1. The van der Waals surface area contributed by atoms with Gasteiger partial charge in [0.1, 0.15) is 5.69 Å². The fourth-order valence-corrected chi connectivity index (χ4v) is 5.57. The predicted molar refractivity (Wildman–Crippen MR) is 133 cm³/mol. The van der Waals surface area contributed by atoms with E-state index < -0.39 is 17.5 Å².